The van der Waals surface area contributed by atoms with Crippen molar-refractivity contribution in [2.75, 3.05) is 6.61 Å². The van der Waals surface area contributed by atoms with Crippen LogP contribution in [0.3, 0.4) is 0 Å². The number of aliphatic hydroxyl groups excluding tert-OH is 2. The third-order valence-electron chi connectivity index (χ3n) is 17.4. The van der Waals surface area contributed by atoms with E-state index in [1.165, 1.54) is 315 Å². The number of unbranched alkanes of at least 4 members (excludes halogenated alkanes) is 51. The van der Waals surface area contributed by atoms with Crippen molar-refractivity contribution in [1.29, 1.82) is 0 Å². The molecule has 84 heavy (non-hydrogen) atoms. The maximum absolute atomic E-state index is 12.6. The Morgan fingerprint density at radius 1 is 0.298 bits per heavy atom. The summed E-state index contributed by atoms with van der Waals surface area (Å²) < 4.78 is 0. The molecule has 0 saturated heterocycles. The first-order valence-electron chi connectivity index (χ1n) is 37.8. The minimum absolute atomic E-state index is 0.0580. The van der Waals surface area contributed by atoms with Crippen LogP contribution in [0.1, 0.15) is 399 Å². The van der Waals surface area contributed by atoms with Gasteiger partial charge in [-0.3, -0.25) is 4.79 Å². The second kappa shape index (κ2) is 74.8. The summed E-state index contributed by atoms with van der Waals surface area (Å²) in [4.78, 5) is 12.6. The van der Waals surface area contributed by atoms with Crippen molar-refractivity contribution in [1.82, 2.24) is 5.32 Å². The number of carbonyl (C=O) groups excluding carboxylic acids is 1. The van der Waals surface area contributed by atoms with E-state index in [1.54, 1.807) is 6.08 Å². The molecule has 1 amide bonds. The van der Waals surface area contributed by atoms with E-state index < -0.39 is 12.1 Å². The summed E-state index contributed by atoms with van der Waals surface area (Å²) in [7, 11) is 0. The molecule has 0 heterocycles. The van der Waals surface area contributed by atoms with E-state index in [2.05, 4.69) is 92.1 Å². The van der Waals surface area contributed by atoms with Crippen LogP contribution >= 0.6 is 0 Å². The van der Waals surface area contributed by atoms with Gasteiger partial charge in [-0.15, -0.1) is 0 Å². The zero-order valence-corrected chi connectivity index (χ0v) is 56.7. The van der Waals surface area contributed by atoms with Crippen LogP contribution < -0.4 is 5.32 Å². The zero-order chi connectivity index (χ0) is 60.5. The number of carbonyl (C=O) groups is 1. The molecular weight excluding hydrogens is 1020 g/mol. The third kappa shape index (κ3) is 70.3. The van der Waals surface area contributed by atoms with Gasteiger partial charge in [0.15, 0.2) is 0 Å². The molecule has 0 aromatic carbocycles. The van der Waals surface area contributed by atoms with Crippen LogP contribution in [-0.4, -0.2) is 34.9 Å². The van der Waals surface area contributed by atoms with Crippen LogP contribution in [0, 0.1) is 0 Å². The molecule has 0 aliphatic rings. The van der Waals surface area contributed by atoms with Gasteiger partial charge >= 0.3 is 0 Å². The zero-order valence-electron chi connectivity index (χ0n) is 56.7. The third-order valence-corrected chi connectivity index (χ3v) is 17.4. The van der Waals surface area contributed by atoms with Crippen molar-refractivity contribution in [2.45, 2.75) is 411 Å². The fourth-order valence-corrected chi connectivity index (χ4v) is 11.7. The van der Waals surface area contributed by atoms with Gasteiger partial charge < -0.3 is 15.5 Å². The fraction of sp³-hybridized carbons (Fsp3) is 0.812. The Kier molecular flexibility index (Phi) is 72.7. The van der Waals surface area contributed by atoms with E-state index >= 15 is 0 Å². The predicted molar refractivity (Wildman–Crippen MR) is 377 cm³/mol. The highest BCUT2D eigenvalue weighted by Crippen LogP contribution is 2.19. The summed E-state index contributed by atoms with van der Waals surface area (Å²) in [5, 5.41) is 23.4. The second-order valence-corrected chi connectivity index (χ2v) is 25.7. The highest BCUT2D eigenvalue weighted by atomic mass is 16.3. The molecule has 0 aromatic heterocycles. The van der Waals surface area contributed by atoms with Crippen molar-refractivity contribution < 1.29 is 15.0 Å². The Morgan fingerprint density at radius 2 is 0.524 bits per heavy atom. The molecule has 3 N–H and O–H groups in total. The van der Waals surface area contributed by atoms with Gasteiger partial charge in [0.05, 0.1) is 18.8 Å². The molecule has 0 aromatic rings. The Hall–Kier alpha value is -2.43. The molecule has 0 rings (SSSR count). The molecule has 0 bridgehead atoms. The molecule has 0 radical (unpaired) electrons. The van der Waals surface area contributed by atoms with Gasteiger partial charge in [-0.25, -0.2) is 0 Å². The van der Waals surface area contributed by atoms with E-state index in [-0.39, 0.29) is 12.5 Å². The lowest BCUT2D eigenvalue weighted by Gasteiger charge is -2.20. The smallest absolute Gasteiger partial charge is 0.220 e. The van der Waals surface area contributed by atoms with Gasteiger partial charge in [-0.05, 0) is 70.6 Å². The van der Waals surface area contributed by atoms with Gasteiger partial charge in [-0.2, -0.15) is 0 Å². The molecule has 0 spiro atoms. The van der Waals surface area contributed by atoms with Crippen molar-refractivity contribution in [3.63, 3.8) is 0 Å². The van der Waals surface area contributed by atoms with E-state index in [1.807, 2.05) is 6.08 Å². The van der Waals surface area contributed by atoms with Crippen LogP contribution in [0.2, 0.25) is 0 Å². The SMILES string of the molecule is CC/C=C\C/C=C\C/C=C\C/C=C\C/C=C\C/C=C\CCCCCCCCCCCCCCCCCCCCCCC(=O)NC(CO)C(O)/C=C/CCCCCCCCCCCCCCCCCCCCCCCCCCCCCCCCC. The quantitative estimate of drug-likeness (QED) is 0.0420. The summed E-state index contributed by atoms with van der Waals surface area (Å²) >= 11 is 0. The van der Waals surface area contributed by atoms with Gasteiger partial charge in [-0.1, -0.05) is 407 Å². The van der Waals surface area contributed by atoms with Crippen LogP contribution in [0.25, 0.3) is 0 Å². The summed E-state index contributed by atoms with van der Waals surface area (Å²) in [5.74, 6) is -0.0580. The molecule has 0 saturated carbocycles. The number of rotatable bonds is 70. The molecular formula is C80H147NO3. The summed E-state index contributed by atoms with van der Waals surface area (Å²) in [5.41, 5.74) is 0. The monoisotopic (exact) mass is 1170 g/mol. The Balaban J connectivity index is 3.43. The number of hydrogen-bond donors (Lipinski definition) is 3. The van der Waals surface area contributed by atoms with Gasteiger partial charge in [0.25, 0.3) is 0 Å². The minimum Gasteiger partial charge on any atom is -0.394 e. The summed E-state index contributed by atoms with van der Waals surface area (Å²) in [6.07, 6.45) is 110. The van der Waals surface area contributed by atoms with E-state index in [4.69, 9.17) is 0 Å². The van der Waals surface area contributed by atoms with Crippen LogP contribution in [-0.2, 0) is 4.79 Å². The summed E-state index contributed by atoms with van der Waals surface area (Å²) in [6, 6.07) is -0.626. The van der Waals surface area contributed by atoms with Crippen molar-refractivity contribution >= 4 is 5.91 Å². The van der Waals surface area contributed by atoms with Crippen LogP contribution in [0.5, 0.6) is 0 Å². The average Bonchev–Trinajstić information content (AvgIpc) is 3.51. The fourth-order valence-electron chi connectivity index (χ4n) is 11.7. The molecule has 0 fully saturated rings. The Morgan fingerprint density at radius 3 is 0.786 bits per heavy atom. The second-order valence-electron chi connectivity index (χ2n) is 25.7. The number of hydrogen-bond acceptors (Lipinski definition) is 3. The first-order valence-corrected chi connectivity index (χ1v) is 37.8. The first-order chi connectivity index (χ1) is 41.7. The molecule has 0 aliphatic carbocycles. The minimum atomic E-state index is -0.843. The van der Waals surface area contributed by atoms with Gasteiger partial charge in [0.2, 0.25) is 5.91 Å². The van der Waals surface area contributed by atoms with Crippen molar-refractivity contribution in [3.8, 4) is 0 Å². The standard InChI is InChI=1S/C80H147NO3/c1-3-5-7-9-11-13-15-17-19-21-23-25-27-29-31-33-35-37-38-39-40-41-42-44-46-48-50-52-54-56-58-60-62-64-66-68-70-72-74-76-80(84)81-78(77-82)79(83)75-73-71-69-67-65-63-61-59-57-55-53-51-49-47-45-43-36-34-32-30-28-26-24-22-20-18-16-14-12-10-8-6-4-2/h5,7,11,13,17,19,23,25,29,31,35,37,73,75,78-79,82-83H,3-4,6,8-10,12,14-16,18,20-22,24,26-28,30,32-34,36,38-72,74,76-77H2,1-2H3,(H,81,84)/b7-5-,13-11-,19-17-,25-23-,31-29-,37-35-,75-73+. The molecule has 490 valence electrons. The average molecular weight is 1170 g/mol. The maximum Gasteiger partial charge on any atom is 0.220 e. The number of nitrogens with one attached hydrogen (secondary N) is 1. The lowest BCUT2D eigenvalue weighted by Crippen LogP contribution is -2.45. The normalized spacial score (nSPS) is 13.1. The maximum atomic E-state index is 12.6. The lowest BCUT2D eigenvalue weighted by molar-refractivity contribution is -0.123. The van der Waals surface area contributed by atoms with E-state index in [0.717, 1.165) is 64.2 Å². The Labute approximate surface area is 526 Å². The molecule has 4 nitrogen and oxygen atoms in total. The van der Waals surface area contributed by atoms with Crippen molar-refractivity contribution in [2.24, 2.45) is 0 Å². The van der Waals surface area contributed by atoms with Crippen molar-refractivity contribution in [3.05, 3.63) is 85.1 Å². The molecule has 2 atom stereocenters. The van der Waals surface area contributed by atoms with E-state index in [9.17, 15) is 15.0 Å². The first kappa shape index (κ1) is 81.6. The van der Waals surface area contributed by atoms with E-state index in [0.29, 0.717) is 6.42 Å². The van der Waals surface area contributed by atoms with Crippen LogP contribution in [0.15, 0.2) is 85.1 Å². The number of aliphatic hydroxyl groups is 2. The van der Waals surface area contributed by atoms with Gasteiger partial charge in [0, 0.05) is 6.42 Å². The Bertz CT molecular complexity index is 1470. The molecule has 2 unspecified atom stereocenters. The summed E-state index contributed by atoms with van der Waals surface area (Å²) in [6.45, 7) is 4.23. The number of allylic oxidation sites excluding steroid dienone is 13. The lowest BCUT2D eigenvalue weighted by atomic mass is 10.0. The molecule has 4 heteroatoms. The molecule has 0 aliphatic heterocycles. The largest absolute Gasteiger partial charge is 0.394 e. The topological polar surface area (TPSA) is 69.6 Å². The number of amides is 1. The van der Waals surface area contributed by atoms with Gasteiger partial charge in [0.1, 0.15) is 0 Å². The van der Waals surface area contributed by atoms with Crippen LogP contribution in [0.4, 0.5) is 0 Å². The highest BCUT2D eigenvalue weighted by molar-refractivity contribution is 5.76. The highest BCUT2D eigenvalue weighted by Gasteiger charge is 2.18. The predicted octanol–water partition coefficient (Wildman–Crippen LogP) is 26.2.